The van der Waals surface area contributed by atoms with Crippen LogP contribution in [0.4, 0.5) is 0 Å². The van der Waals surface area contributed by atoms with Gasteiger partial charge in [-0.2, -0.15) is 0 Å². The molecule has 3 rings (SSSR count). The highest BCUT2D eigenvalue weighted by Crippen LogP contribution is 2.45. The summed E-state index contributed by atoms with van der Waals surface area (Å²) in [7, 11) is 0. The van der Waals surface area contributed by atoms with Gasteiger partial charge in [-0.05, 0) is 23.5 Å². The SMILES string of the molecule is CC(C)(C)C1NCC2CCOc3cccc1c32. The molecule has 2 nitrogen and oxygen atoms in total. The van der Waals surface area contributed by atoms with Gasteiger partial charge >= 0.3 is 0 Å². The standard InChI is InChI=1S/C15H21NO/c1-15(2,3)14-11-5-4-6-12-13(11)10(9-16-14)7-8-17-12/h4-6,10,14,16H,7-9H2,1-3H3. The van der Waals surface area contributed by atoms with Gasteiger partial charge in [0.25, 0.3) is 0 Å². The van der Waals surface area contributed by atoms with Crippen LogP contribution in [0.2, 0.25) is 0 Å². The highest BCUT2D eigenvalue weighted by atomic mass is 16.5. The summed E-state index contributed by atoms with van der Waals surface area (Å²) in [6.07, 6.45) is 1.15. The van der Waals surface area contributed by atoms with Gasteiger partial charge in [0.15, 0.2) is 0 Å². The topological polar surface area (TPSA) is 21.3 Å². The van der Waals surface area contributed by atoms with E-state index < -0.39 is 0 Å². The molecule has 0 amide bonds. The van der Waals surface area contributed by atoms with Crippen molar-refractivity contribution in [2.75, 3.05) is 13.2 Å². The second-order valence-corrected chi connectivity index (χ2v) is 6.30. The maximum atomic E-state index is 5.80. The molecule has 0 bridgehead atoms. The minimum atomic E-state index is 0.248. The summed E-state index contributed by atoms with van der Waals surface area (Å²) in [4.78, 5) is 0. The van der Waals surface area contributed by atoms with Gasteiger partial charge < -0.3 is 10.1 Å². The fourth-order valence-corrected chi connectivity index (χ4v) is 3.18. The van der Waals surface area contributed by atoms with Crippen molar-refractivity contribution in [2.24, 2.45) is 5.41 Å². The molecule has 2 heterocycles. The van der Waals surface area contributed by atoms with E-state index in [1.54, 1.807) is 0 Å². The summed E-state index contributed by atoms with van der Waals surface area (Å²) in [5, 5.41) is 3.72. The van der Waals surface area contributed by atoms with E-state index in [4.69, 9.17) is 4.74 Å². The second kappa shape index (κ2) is 3.74. The lowest BCUT2D eigenvalue weighted by atomic mass is 9.74. The van der Waals surface area contributed by atoms with Crippen molar-refractivity contribution in [2.45, 2.75) is 39.2 Å². The zero-order valence-electron chi connectivity index (χ0n) is 10.9. The van der Waals surface area contributed by atoms with Crippen LogP contribution in [0.25, 0.3) is 0 Å². The molecular formula is C15H21NO. The lowest BCUT2D eigenvalue weighted by molar-refractivity contribution is 0.215. The van der Waals surface area contributed by atoms with Crippen molar-refractivity contribution in [3.8, 4) is 5.75 Å². The summed E-state index contributed by atoms with van der Waals surface area (Å²) in [6, 6.07) is 6.95. The van der Waals surface area contributed by atoms with Crippen LogP contribution in [0.3, 0.4) is 0 Å². The van der Waals surface area contributed by atoms with Crippen LogP contribution in [0, 0.1) is 5.41 Å². The molecule has 0 spiro atoms. The summed E-state index contributed by atoms with van der Waals surface area (Å²) in [5.74, 6) is 1.77. The molecule has 1 N–H and O–H groups in total. The number of ether oxygens (including phenoxy) is 1. The smallest absolute Gasteiger partial charge is 0.123 e. The first-order valence-electron chi connectivity index (χ1n) is 6.56. The Balaban J connectivity index is 2.12. The van der Waals surface area contributed by atoms with E-state index in [2.05, 4.69) is 44.3 Å². The van der Waals surface area contributed by atoms with Crippen LogP contribution >= 0.6 is 0 Å². The summed E-state index contributed by atoms with van der Waals surface area (Å²) >= 11 is 0. The van der Waals surface area contributed by atoms with Crippen molar-refractivity contribution in [1.29, 1.82) is 0 Å². The van der Waals surface area contributed by atoms with Gasteiger partial charge in [-0.3, -0.25) is 0 Å². The molecule has 2 heteroatoms. The molecule has 2 unspecified atom stereocenters. The normalized spacial score (nSPS) is 27.2. The van der Waals surface area contributed by atoms with Gasteiger partial charge in [0, 0.05) is 24.1 Å². The Kier molecular flexibility index (Phi) is 2.44. The average Bonchev–Trinajstić information content (AvgIpc) is 2.28. The molecule has 0 saturated carbocycles. The Labute approximate surface area is 103 Å². The maximum Gasteiger partial charge on any atom is 0.123 e. The summed E-state index contributed by atoms with van der Waals surface area (Å²) in [5.41, 5.74) is 3.17. The van der Waals surface area contributed by atoms with Crippen LogP contribution in [0.5, 0.6) is 5.75 Å². The molecule has 17 heavy (non-hydrogen) atoms. The number of nitrogens with one attached hydrogen (secondary N) is 1. The fourth-order valence-electron chi connectivity index (χ4n) is 3.18. The predicted molar refractivity (Wildman–Crippen MR) is 69.5 cm³/mol. The molecule has 0 fully saturated rings. The summed E-state index contributed by atoms with van der Waals surface area (Å²) < 4.78 is 5.80. The number of rotatable bonds is 0. The van der Waals surface area contributed by atoms with E-state index in [0.29, 0.717) is 12.0 Å². The van der Waals surface area contributed by atoms with Crippen LogP contribution in [0.1, 0.15) is 50.3 Å². The van der Waals surface area contributed by atoms with Crippen molar-refractivity contribution in [3.05, 3.63) is 29.3 Å². The molecule has 2 aliphatic rings. The quantitative estimate of drug-likeness (QED) is 0.740. The van der Waals surface area contributed by atoms with Crippen molar-refractivity contribution >= 4 is 0 Å². The third kappa shape index (κ3) is 1.75. The van der Waals surface area contributed by atoms with Gasteiger partial charge in [-0.1, -0.05) is 32.9 Å². The number of hydrogen-bond donors (Lipinski definition) is 1. The van der Waals surface area contributed by atoms with Crippen LogP contribution < -0.4 is 10.1 Å². The Morgan fingerprint density at radius 2 is 2.12 bits per heavy atom. The molecule has 0 saturated heterocycles. The number of benzene rings is 1. The minimum absolute atomic E-state index is 0.248. The van der Waals surface area contributed by atoms with E-state index in [1.165, 1.54) is 11.1 Å². The highest BCUT2D eigenvalue weighted by molar-refractivity contribution is 5.47. The monoisotopic (exact) mass is 231 g/mol. The number of hydrogen-bond acceptors (Lipinski definition) is 2. The maximum absolute atomic E-state index is 5.80. The first-order valence-corrected chi connectivity index (χ1v) is 6.56. The van der Waals surface area contributed by atoms with Gasteiger partial charge in [-0.25, -0.2) is 0 Å². The fraction of sp³-hybridized carbons (Fsp3) is 0.600. The van der Waals surface area contributed by atoms with Crippen LogP contribution in [-0.4, -0.2) is 13.2 Å². The molecule has 92 valence electrons. The van der Waals surface area contributed by atoms with E-state index in [1.807, 2.05) is 0 Å². The Morgan fingerprint density at radius 1 is 1.29 bits per heavy atom. The average molecular weight is 231 g/mol. The Hall–Kier alpha value is -1.02. The van der Waals surface area contributed by atoms with Gasteiger partial charge in [0.1, 0.15) is 5.75 Å². The molecule has 2 atom stereocenters. The predicted octanol–water partition coefficient (Wildman–Crippen LogP) is 3.24. The molecule has 1 aromatic rings. The second-order valence-electron chi connectivity index (χ2n) is 6.30. The van der Waals surface area contributed by atoms with Crippen LogP contribution in [0.15, 0.2) is 18.2 Å². The summed E-state index contributed by atoms with van der Waals surface area (Å²) in [6.45, 7) is 8.86. The van der Waals surface area contributed by atoms with Gasteiger partial charge in [0.2, 0.25) is 0 Å². The third-order valence-electron chi connectivity index (χ3n) is 3.98. The van der Waals surface area contributed by atoms with Crippen LogP contribution in [-0.2, 0) is 0 Å². The van der Waals surface area contributed by atoms with Gasteiger partial charge in [-0.15, -0.1) is 0 Å². The zero-order valence-corrected chi connectivity index (χ0v) is 10.9. The first-order chi connectivity index (χ1) is 8.07. The van der Waals surface area contributed by atoms with Crippen molar-refractivity contribution in [1.82, 2.24) is 5.32 Å². The van der Waals surface area contributed by atoms with Crippen molar-refractivity contribution in [3.63, 3.8) is 0 Å². The van der Waals surface area contributed by atoms with E-state index >= 15 is 0 Å². The molecule has 1 aromatic carbocycles. The van der Waals surface area contributed by atoms with E-state index in [-0.39, 0.29) is 5.41 Å². The molecule has 2 aliphatic heterocycles. The Bertz CT molecular complexity index is 433. The Morgan fingerprint density at radius 3 is 2.88 bits per heavy atom. The largest absolute Gasteiger partial charge is 0.493 e. The molecular weight excluding hydrogens is 210 g/mol. The lowest BCUT2D eigenvalue weighted by Gasteiger charge is -2.42. The van der Waals surface area contributed by atoms with E-state index in [0.717, 1.165) is 25.3 Å². The molecule has 0 radical (unpaired) electrons. The van der Waals surface area contributed by atoms with Crippen molar-refractivity contribution < 1.29 is 4.74 Å². The molecule has 0 aliphatic carbocycles. The third-order valence-corrected chi connectivity index (χ3v) is 3.98. The first kappa shape index (κ1) is 11.1. The highest BCUT2D eigenvalue weighted by Gasteiger charge is 2.36. The van der Waals surface area contributed by atoms with E-state index in [9.17, 15) is 0 Å². The molecule has 0 aromatic heterocycles. The van der Waals surface area contributed by atoms with Gasteiger partial charge in [0.05, 0.1) is 6.61 Å². The minimum Gasteiger partial charge on any atom is -0.493 e. The lowest BCUT2D eigenvalue weighted by Crippen LogP contribution is -2.41. The zero-order chi connectivity index (χ0) is 12.0.